The Kier molecular flexibility index (Phi) is 3.74. The molecule has 13 heavy (non-hydrogen) atoms. The molecule has 0 radical (unpaired) electrons. The molecule has 70 valence electrons. The number of hydrogen-bond acceptors (Lipinski definition) is 3. The first-order valence-electron chi connectivity index (χ1n) is 3.57. The van der Waals surface area contributed by atoms with E-state index in [-0.39, 0.29) is 11.5 Å². The Morgan fingerprint density at radius 1 is 1.62 bits per heavy atom. The molecule has 0 atom stereocenters. The summed E-state index contributed by atoms with van der Waals surface area (Å²) in [6.07, 6.45) is 1.97. The zero-order valence-corrected chi connectivity index (χ0v) is 9.39. The van der Waals surface area contributed by atoms with Crippen molar-refractivity contribution in [3.8, 4) is 0 Å². The predicted molar refractivity (Wildman–Crippen MR) is 56.6 cm³/mol. The minimum absolute atomic E-state index is 0.130. The molecule has 1 aromatic carbocycles. The number of thioether (sulfide) groups is 1. The molecule has 0 aromatic heterocycles. The van der Waals surface area contributed by atoms with Gasteiger partial charge < -0.3 is 0 Å². The minimum Gasteiger partial charge on any atom is -0.264 e. The van der Waals surface area contributed by atoms with E-state index in [1.54, 1.807) is 17.8 Å². The van der Waals surface area contributed by atoms with Gasteiger partial charge in [-0.05, 0) is 18.4 Å². The summed E-state index contributed by atoms with van der Waals surface area (Å²) in [6, 6.07) is 5.55. The highest BCUT2D eigenvalue weighted by Crippen LogP contribution is 2.24. The van der Waals surface area contributed by atoms with Gasteiger partial charge in [0.25, 0.3) is 0 Å². The Hall–Kier alpha value is -0.550. The normalized spacial score (nSPS) is 10.0. The topological polar surface area (TPSA) is 43.1 Å². The third-order valence-electron chi connectivity index (χ3n) is 1.56. The first-order valence-corrected chi connectivity index (χ1v) is 5.59. The molecule has 0 aliphatic carbocycles. The summed E-state index contributed by atoms with van der Waals surface area (Å²) < 4.78 is 0.802. The SMILES string of the molecule is CSc1ccc(C[N+](=O)[O-])c(Br)c1. The van der Waals surface area contributed by atoms with Crippen molar-refractivity contribution in [1.82, 2.24) is 0 Å². The van der Waals surface area contributed by atoms with Gasteiger partial charge in [-0.25, -0.2) is 0 Å². The van der Waals surface area contributed by atoms with Crippen LogP contribution in [0, 0.1) is 10.1 Å². The van der Waals surface area contributed by atoms with Crippen LogP contribution in [-0.4, -0.2) is 11.2 Å². The van der Waals surface area contributed by atoms with Crippen molar-refractivity contribution in [1.29, 1.82) is 0 Å². The number of benzene rings is 1. The molecular weight excluding hydrogens is 254 g/mol. The maximum Gasteiger partial charge on any atom is 0.230 e. The summed E-state index contributed by atoms with van der Waals surface area (Å²) >= 11 is 4.91. The average Bonchev–Trinajstić information content (AvgIpc) is 2.08. The lowest BCUT2D eigenvalue weighted by atomic mass is 10.2. The molecular formula is C8H8BrNO2S. The van der Waals surface area contributed by atoms with E-state index in [4.69, 9.17) is 0 Å². The number of nitrogens with zero attached hydrogens (tertiary/aromatic N) is 1. The molecule has 0 bridgehead atoms. The summed E-state index contributed by atoms with van der Waals surface area (Å²) in [5.41, 5.74) is 0.711. The maximum atomic E-state index is 10.3. The van der Waals surface area contributed by atoms with E-state index in [2.05, 4.69) is 15.9 Å². The van der Waals surface area contributed by atoms with Crippen LogP contribution < -0.4 is 0 Å². The highest BCUT2D eigenvalue weighted by molar-refractivity contribution is 9.10. The van der Waals surface area contributed by atoms with Crippen LogP contribution in [0.2, 0.25) is 0 Å². The molecule has 0 aliphatic rings. The van der Waals surface area contributed by atoms with E-state index in [0.29, 0.717) is 5.56 Å². The predicted octanol–water partition coefficient (Wildman–Crippen LogP) is 2.95. The molecule has 0 saturated carbocycles. The summed E-state index contributed by atoms with van der Waals surface area (Å²) in [5.74, 6) is 0. The van der Waals surface area contributed by atoms with Crippen molar-refractivity contribution in [3.63, 3.8) is 0 Å². The van der Waals surface area contributed by atoms with Crippen molar-refractivity contribution in [2.45, 2.75) is 11.4 Å². The lowest BCUT2D eigenvalue weighted by Gasteiger charge is -2.01. The number of rotatable bonds is 3. The van der Waals surface area contributed by atoms with E-state index >= 15 is 0 Å². The van der Waals surface area contributed by atoms with E-state index in [9.17, 15) is 10.1 Å². The molecule has 0 saturated heterocycles. The van der Waals surface area contributed by atoms with Crippen LogP contribution in [0.4, 0.5) is 0 Å². The average molecular weight is 262 g/mol. The van der Waals surface area contributed by atoms with Gasteiger partial charge >= 0.3 is 0 Å². The van der Waals surface area contributed by atoms with Crippen LogP contribution >= 0.6 is 27.7 Å². The highest BCUT2D eigenvalue weighted by atomic mass is 79.9. The van der Waals surface area contributed by atoms with Crippen molar-refractivity contribution < 1.29 is 4.92 Å². The number of hydrogen-bond donors (Lipinski definition) is 0. The van der Waals surface area contributed by atoms with Crippen molar-refractivity contribution in [2.75, 3.05) is 6.26 Å². The molecule has 0 fully saturated rings. The second-order valence-corrected chi connectivity index (χ2v) is 4.18. The van der Waals surface area contributed by atoms with Crippen molar-refractivity contribution >= 4 is 27.7 Å². The van der Waals surface area contributed by atoms with Crippen LogP contribution in [0.5, 0.6) is 0 Å². The van der Waals surface area contributed by atoms with Crippen LogP contribution in [0.15, 0.2) is 27.6 Å². The summed E-state index contributed by atoms with van der Waals surface area (Å²) in [4.78, 5) is 11.0. The zero-order chi connectivity index (χ0) is 9.84. The van der Waals surface area contributed by atoms with Gasteiger partial charge in [-0.3, -0.25) is 10.1 Å². The molecule has 0 N–H and O–H groups in total. The summed E-state index contributed by atoms with van der Waals surface area (Å²) in [5, 5.41) is 10.3. The Bertz CT molecular complexity index is 330. The largest absolute Gasteiger partial charge is 0.264 e. The molecule has 1 aromatic rings. The summed E-state index contributed by atoms with van der Waals surface area (Å²) in [6.45, 7) is -0.130. The third kappa shape index (κ3) is 3.00. The van der Waals surface area contributed by atoms with Crippen LogP contribution in [-0.2, 0) is 6.54 Å². The van der Waals surface area contributed by atoms with Crippen LogP contribution in [0.1, 0.15) is 5.56 Å². The lowest BCUT2D eigenvalue weighted by Crippen LogP contribution is -1.98. The summed E-state index contributed by atoms with van der Waals surface area (Å²) in [7, 11) is 0. The van der Waals surface area contributed by atoms with Gasteiger partial charge in [0.15, 0.2) is 0 Å². The number of nitro groups is 1. The Morgan fingerprint density at radius 3 is 2.77 bits per heavy atom. The van der Waals surface area contributed by atoms with E-state index in [0.717, 1.165) is 9.37 Å². The third-order valence-corrected chi connectivity index (χ3v) is 3.02. The lowest BCUT2D eigenvalue weighted by molar-refractivity contribution is -0.497. The van der Waals surface area contributed by atoms with Crippen LogP contribution in [0.25, 0.3) is 0 Å². The molecule has 3 nitrogen and oxygen atoms in total. The fourth-order valence-electron chi connectivity index (χ4n) is 0.922. The molecule has 0 unspecified atom stereocenters. The molecule has 5 heteroatoms. The molecule has 0 heterocycles. The zero-order valence-electron chi connectivity index (χ0n) is 6.99. The van der Waals surface area contributed by atoms with Gasteiger partial charge in [-0.15, -0.1) is 11.8 Å². The second-order valence-electron chi connectivity index (χ2n) is 2.45. The van der Waals surface area contributed by atoms with Gasteiger partial charge in [0, 0.05) is 19.9 Å². The maximum absolute atomic E-state index is 10.3. The molecule has 1 rings (SSSR count). The van der Waals surface area contributed by atoms with Gasteiger partial charge in [-0.1, -0.05) is 22.0 Å². The van der Waals surface area contributed by atoms with Gasteiger partial charge in [0.05, 0.1) is 0 Å². The first kappa shape index (κ1) is 10.5. The van der Waals surface area contributed by atoms with E-state index in [1.165, 1.54) is 0 Å². The molecule has 0 spiro atoms. The fraction of sp³-hybridized carbons (Fsp3) is 0.250. The molecule has 0 aliphatic heterocycles. The van der Waals surface area contributed by atoms with Gasteiger partial charge in [0.1, 0.15) is 0 Å². The van der Waals surface area contributed by atoms with Gasteiger partial charge in [-0.2, -0.15) is 0 Å². The Balaban J connectivity index is 2.91. The molecule has 0 amide bonds. The standard InChI is InChI=1S/C8H8BrNO2S/c1-13-7-3-2-6(5-10(11)12)8(9)4-7/h2-4H,5H2,1H3. The minimum atomic E-state index is -0.334. The van der Waals surface area contributed by atoms with Crippen LogP contribution in [0.3, 0.4) is 0 Å². The first-order chi connectivity index (χ1) is 6.13. The fourth-order valence-corrected chi connectivity index (χ4v) is 2.02. The quantitative estimate of drug-likeness (QED) is 0.478. The van der Waals surface area contributed by atoms with Crippen molar-refractivity contribution in [2.24, 2.45) is 0 Å². The highest BCUT2D eigenvalue weighted by Gasteiger charge is 2.06. The van der Waals surface area contributed by atoms with Gasteiger partial charge in [0.2, 0.25) is 6.54 Å². The van der Waals surface area contributed by atoms with E-state index < -0.39 is 0 Å². The van der Waals surface area contributed by atoms with Crippen molar-refractivity contribution in [3.05, 3.63) is 38.3 Å². The van der Waals surface area contributed by atoms with E-state index in [1.807, 2.05) is 18.4 Å². The number of halogens is 1. The Labute approximate surface area is 88.8 Å². The smallest absolute Gasteiger partial charge is 0.230 e. The Morgan fingerprint density at radius 2 is 2.31 bits per heavy atom. The monoisotopic (exact) mass is 261 g/mol. The second kappa shape index (κ2) is 4.62.